The van der Waals surface area contributed by atoms with Gasteiger partial charge in [-0.2, -0.15) is 0 Å². The lowest BCUT2D eigenvalue weighted by atomic mass is 9.95. The fourth-order valence-corrected chi connectivity index (χ4v) is 4.81. The number of hydrogen-bond acceptors (Lipinski definition) is 5. The molecule has 1 saturated heterocycles. The Kier molecular flexibility index (Phi) is 7.54. The number of imidazole rings is 1. The smallest absolute Gasteiger partial charge is 0.295 e. The van der Waals surface area contributed by atoms with Gasteiger partial charge in [-0.05, 0) is 49.2 Å². The summed E-state index contributed by atoms with van der Waals surface area (Å²) in [5.41, 5.74) is 2.51. The minimum atomic E-state index is -1.05. The molecule has 1 atom stereocenters. The van der Waals surface area contributed by atoms with E-state index in [4.69, 9.17) is 4.74 Å². The van der Waals surface area contributed by atoms with E-state index in [1.807, 2.05) is 35.8 Å². The van der Waals surface area contributed by atoms with Gasteiger partial charge in [0.1, 0.15) is 23.9 Å². The highest BCUT2D eigenvalue weighted by Crippen LogP contribution is 2.40. The van der Waals surface area contributed by atoms with Crippen LogP contribution in [0.4, 0.5) is 4.39 Å². The summed E-state index contributed by atoms with van der Waals surface area (Å²) in [6.45, 7) is 3.16. The summed E-state index contributed by atoms with van der Waals surface area (Å²) in [4.78, 5) is 31.7. The third-order valence-electron chi connectivity index (χ3n) is 6.73. The fraction of sp³-hybridized carbons (Fsp3) is 0.194. The monoisotopic (exact) mass is 525 g/mol. The van der Waals surface area contributed by atoms with Gasteiger partial charge in [0.15, 0.2) is 0 Å². The molecule has 1 unspecified atom stereocenters. The van der Waals surface area contributed by atoms with Crippen molar-refractivity contribution in [2.45, 2.75) is 32.5 Å². The van der Waals surface area contributed by atoms with Crippen LogP contribution in [0.25, 0.3) is 5.76 Å². The summed E-state index contributed by atoms with van der Waals surface area (Å²) < 4.78 is 22.7. The topological polar surface area (TPSA) is 84.7 Å². The predicted octanol–water partition coefficient (Wildman–Crippen LogP) is 5.42. The number of ether oxygens (including phenoxy) is 1. The van der Waals surface area contributed by atoms with Gasteiger partial charge in [0, 0.05) is 36.6 Å². The Labute approximate surface area is 225 Å². The van der Waals surface area contributed by atoms with Crippen molar-refractivity contribution in [1.82, 2.24) is 14.5 Å². The number of amides is 1. The lowest BCUT2D eigenvalue weighted by Gasteiger charge is -2.25. The summed E-state index contributed by atoms with van der Waals surface area (Å²) in [6, 6.07) is 19.5. The highest BCUT2D eigenvalue weighted by atomic mass is 19.1. The molecule has 8 heteroatoms. The van der Waals surface area contributed by atoms with Gasteiger partial charge in [-0.25, -0.2) is 9.37 Å². The van der Waals surface area contributed by atoms with E-state index in [1.165, 1.54) is 17.0 Å². The van der Waals surface area contributed by atoms with Crippen LogP contribution in [0.3, 0.4) is 0 Å². The number of rotatable bonds is 9. The number of aryl methyl sites for hydroxylation is 2. The number of hydrogen-bond donors (Lipinski definition) is 1. The molecule has 5 rings (SSSR count). The van der Waals surface area contributed by atoms with E-state index < -0.39 is 23.5 Å². The van der Waals surface area contributed by atoms with Gasteiger partial charge in [-0.1, -0.05) is 48.0 Å². The molecule has 39 heavy (non-hydrogen) atoms. The molecule has 1 aliphatic rings. The maximum atomic E-state index is 15.0. The number of carbonyl (C=O) groups excluding carboxylic acids is 2. The van der Waals surface area contributed by atoms with E-state index in [1.54, 1.807) is 55.1 Å². The number of Topliss-reactive ketones (excluding diaryl/α,β-unsaturated/α-hetero) is 1. The van der Waals surface area contributed by atoms with E-state index in [2.05, 4.69) is 4.98 Å². The van der Waals surface area contributed by atoms with Crippen LogP contribution < -0.4 is 4.74 Å². The average Bonchev–Trinajstić information content (AvgIpc) is 3.55. The molecule has 1 aromatic heterocycles. The molecule has 0 bridgehead atoms. The van der Waals surface area contributed by atoms with Crippen LogP contribution in [0.5, 0.6) is 5.75 Å². The number of halogens is 1. The number of carbonyl (C=O) groups is 2. The summed E-state index contributed by atoms with van der Waals surface area (Å²) in [5.74, 6) is -1.95. The summed E-state index contributed by atoms with van der Waals surface area (Å²) in [6.07, 6.45) is 5.64. The van der Waals surface area contributed by atoms with Gasteiger partial charge >= 0.3 is 0 Å². The molecule has 1 fully saturated rings. The number of ketones is 1. The van der Waals surface area contributed by atoms with Crippen LogP contribution in [0.15, 0.2) is 97.1 Å². The van der Waals surface area contributed by atoms with E-state index in [-0.39, 0.29) is 23.4 Å². The van der Waals surface area contributed by atoms with Crippen LogP contribution in [-0.4, -0.2) is 37.8 Å². The number of aromatic nitrogens is 2. The second kappa shape index (κ2) is 11.3. The Morgan fingerprint density at radius 2 is 1.82 bits per heavy atom. The third kappa shape index (κ3) is 5.60. The molecular formula is C31H28FN3O4. The van der Waals surface area contributed by atoms with Crippen molar-refractivity contribution < 1.29 is 23.8 Å². The first-order valence-electron chi connectivity index (χ1n) is 12.7. The van der Waals surface area contributed by atoms with Crippen molar-refractivity contribution >= 4 is 17.4 Å². The van der Waals surface area contributed by atoms with Crippen LogP contribution in [0.2, 0.25) is 0 Å². The summed E-state index contributed by atoms with van der Waals surface area (Å²) in [5, 5.41) is 11.3. The Hall–Kier alpha value is -4.72. The minimum absolute atomic E-state index is 0.138. The van der Waals surface area contributed by atoms with Crippen molar-refractivity contribution in [1.29, 1.82) is 0 Å². The zero-order chi connectivity index (χ0) is 27.4. The molecule has 0 spiro atoms. The fourth-order valence-electron chi connectivity index (χ4n) is 4.81. The zero-order valence-electron chi connectivity index (χ0n) is 21.5. The van der Waals surface area contributed by atoms with Crippen molar-refractivity contribution in [2.75, 3.05) is 6.54 Å². The maximum absolute atomic E-state index is 15.0. The zero-order valence-corrected chi connectivity index (χ0v) is 21.5. The maximum Gasteiger partial charge on any atom is 0.295 e. The molecular weight excluding hydrogens is 497 g/mol. The number of aliphatic hydroxyl groups is 1. The van der Waals surface area contributed by atoms with Crippen molar-refractivity contribution in [3.63, 3.8) is 0 Å². The van der Waals surface area contributed by atoms with E-state index in [9.17, 15) is 19.1 Å². The number of nitrogens with zero attached hydrogens (tertiary/aromatic N) is 3. The second-order valence-electron chi connectivity index (χ2n) is 9.47. The van der Waals surface area contributed by atoms with Crippen LogP contribution in [0, 0.1) is 12.7 Å². The molecule has 2 heterocycles. The molecule has 0 aliphatic carbocycles. The van der Waals surface area contributed by atoms with Gasteiger partial charge in [0.2, 0.25) is 0 Å². The van der Waals surface area contributed by atoms with Gasteiger partial charge in [-0.15, -0.1) is 0 Å². The first-order valence-corrected chi connectivity index (χ1v) is 12.7. The number of likely N-dealkylation sites (tertiary alicyclic amines) is 1. The Morgan fingerprint density at radius 1 is 1.03 bits per heavy atom. The molecule has 198 valence electrons. The first kappa shape index (κ1) is 25.9. The molecule has 3 aromatic carbocycles. The lowest BCUT2D eigenvalue weighted by molar-refractivity contribution is -0.140. The van der Waals surface area contributed by atoms with Gasteiger partial charge in [-0.3, -0.25) is 9.59 Å². The first-order chi connectivity index (χ1) is 18.9. The molecule has 1 amide bonds. The highest BCUT2D eigenvalue weighted by molar-refractivity contribution is 6.46. The van der Waals surface area contributed by atoms with E-state index in [0.29, 0.717) is 30.9 Å². The van der Waals surface area contributed by atoms with E-state index >= 15 is 0 Å². The van der Waals surface area contributed by atoms with Crippen LogP contribution >= 0.6 is 0 Å². The second-order valence-corrected chi connectivity index (χ2v) is 9.47. The lowest BCUT2D eigenvalue weighted by Crippen LogP contribution is -2.31. The molecule has 0 radical (unpaired) electrons. The molecule has 7 nitrogen and oxygen atoms in total. The van der Waals surface area contributed by atoms with Gasteiger partial charge in [0.05, 0.1) is 17.9 Å². The van der Waals surface area contributed by atoms with Crippen molar-refractivity contribution in [2.24, 2.45) is 0 Å². The van der Waals surface area contributed by atoms with Gasteiger partial charge in [0.25, 0.3) is 11.7 Å². The molecule has 0 saturated carbocycles. The highest BCUT2D eigenvalue weighted by Gasteiger charge is 2.46. The minimum Gasteiger partial charge on any atom is -0.507 e. The number of aliphatic hydroxyl groups excluding tert-OH is 1. The average molecular weight is 526 g/mol. The summed E-state index contributed by atoms with van der Waals surface area (Å²) in [7, 11) is 0. The van der Waals surface area contributed by atoms with Crippen molar-refractivity contribution in [3.05, 3.63) is 125 Å². The quantitative estimate of drug-likeness (QED) is 0.179. The Morgan fingerprint density at radius 3 is 2.54 bits per heavy atom. The largest absolute Gasteiger partial charge is 0.507 e. The van der Waals surface area contributed by atoms with Crippen molar-refractivity contribution in [3.8, 4) is 5.75 Å². The van der Waals surface area contributed by atoms with Crippen LogP contribution in [0.1, 0.15) is 34.7 Å². The summed E-state index contributed by atoms with van der Waals surface area (Å²) >= 11 is 0. The number of benzene rings is 3. The van der Waals surface area contributed by atoms with E-state index in [0.717, 1.165) is 11.1 Å². The Balaban J connectivity index is 1.42. The molecule has 4 aromatic rings. The SMILES string of the molecule is Cc1cccc(COc2ccc(/C(O)=C3/C(=O)C(=O)N(CCCn4ccnc4)C3c3ccccc3F)cc2)c1. The third-order valence-corrected chi connectivity index (χ3v) is 6.73. The van der Waals surface area contributed by atoms with Crippen LogP contribution in [-0.2, 0) is 22.7 Å². The Bertz CT molecular complexity index is 1510. The predicted molar refractivity (Wildman–Crippen MR) is 144 cm³/mol. The molecule has 1 N–H and O–H groups in total. The molecule has 1 aliphatic heterocycles. The normalized spacial score (nSPS) is 16.6. The standard InChI is InChI=1S/C31H28FN3O4/c1-21-6-4-7-22(18-21)19-39-24-12-10-23(11-13-24)29(36)27-28(25-8-2-3-9-26(25)32)35(31(38)30(27)37)16-5-15-34-17-14-33-20-34/h2-4,6-14,17-18,20,28,36H,5,15-16,19H2,1H3/b29-27-. The van der Waals surface area contributed by atoms with Gasteiger partial charge < -0.3 is 19.3 Å².